The van der Waals surface area contributed by atoms with Gasteiger partial charge >= 0.3 is 19.5 Å². The third-order valence-electron chi connectivity index (χ3n) is 3.05. The van der Waals surface area contributed by atoms with E-state index in [4.69, 9.17) is 23.6 Å². The van der Waals surface area contributed by atoms with Crippen LogP contribution in [0.1, 0.15) is 33.6 Å². The van der Waals surface area contributed by atoms with Gasteiger partial charge in [0.25, 0.3) is 0 Å². The van der Waals surface area contributed by atoms with E-state index in [9.17, 15) is 14.2 Å². The molecule has 0 bridgehead atoms. The van der Waals surface area contributed by atoms with Gasteiger partial charge in [-0.3, -0.25) is 14.2 Å². The van der Waals surface area contributed by atoms with Crippen LogP contribution in [0.25, 0.3) is 0 Å². The summed E-state index contributed by atoms with van der Waals surface area (Å²) in [5, 5.41) is 9.01. The van der Waals surface area contributed by atoms with Crippen LogP contribution in [0.5, 0.6) is 0 Å². The van der Waals surface area contributed by atoms with Crippen molar-refractivity contribution in [3.63, 3.8) is 0 Å². The van der Waals surface area contributed by atoms with Gasteiger partial charge in [-0.15, -0.1) is 0 Å². The van der Waals surface area contributed by atoms with Gasteiger partial charge in [0, 0.05) is 6.61 Å². The molecule has 2 atom stereocenters. The minimum absolute atomic E-state index is 0.0420. The Morgan fingerprint density at radius 1 is 1.04 bits per heavy atom. The zero-order valence-electron chi connectivity index (χ0n) is 14.1. The molecule has 0 rings (SSSR count). The first-order valence-corrected chi connectivity index (χ1v) is 9.27. The van der Waals surface area contributed by atoms with Gasteiger partial charge in [0.15, 0.2) is 5.66 Å². The first kappa shape index (κ1) is 22.1. The molecule has 0 amide bonds. The van der Waals surface area contributed by atoms with E-state index in [0.717, 1.165) is 7.11 Å². The van der Waals surface area contributed by atoms with E-state index in [0.29, 0.717) is 0 Å². The number of hydrogen-bond acceptors (Lipinski definition) is 8. The van der Waals surface area contributed by atoms with Gasteiger partial charge in [0.05, 0.1) is 32.8 Å². The maximum absolute atomic E-state index is 13.0. The lowest BCUT2D eigenvalue weighted by Gasteiger charge is -2.29. The zero-order valence-corrected chi connectivity index (χ0v) is 15.0. The molecule has 0 aliphatic heterocycles. The van der Waals surface area contributed by atoms with E-state index in [1.807, 2.05) is 0 Å². The van der Waals surface area contributed by atoms with Crippen LogP contribution in [0.15, 0.2) is 0 Å². The van der Waals surface area contributed by atoms with Crippen molar-refractivity contribution in [2.75, 3.05) is 33.5 Å². The smallest absolute Gasteiger partial charge is 0.345 e. The number of methoxy groups -OCH3 is 1. The quantitative estimate of drug-likeness (QED) is 0.417. The summed E-state index contributed by atoms with van der Waals surface area (Å²) in [6.45, 7) is 4.84. The van der Waals surface area contributed by atoms with E-state index in [-0.39, 0.29) is 39.3 Å². The maximum Gasteiger partial charge on any atom is 0.345 e. The number of ether oxygens (including phenoxy) is 2. The molecule has 0 radical (unpaired) electrons. The summed E-state index contributed by atoms with van der Waals surface area (Å²) in [6.07, 6.45) is 0.328. The highest BCUT2D eigenvalue weighted by Crippen LogP contribution is 2.56. The Kier molecular flexibility index (Phi) is 11.1. The Labute approximate surface area is 137 Å². The number of aliphatic hydroxyl groups is 1. The molecule has 0 saturated carbocycles. The third kappa shape index (κ3) is 6.59. The lowest BCUT2D eigenvalue weighted by atomic mass is 9.99. The molecule has 0 aromatic carbocycles. The Bertz CT molecular complexity index is 402. The van der Waals surface area contributed by atoms with Crippen LogP contribution in [0.2, 0.25) is 0 Å². The fraction of sp³-hybridized carbons (Fsp3) is 0.857. The molecule has 0 aliphatic rings. The van der Waals surface area contributed by atoms with E-state index >= 15 is 0 Å². The van der Waals surface area contributed by atoms with E-state index in [2.05, 4.69) is 0 Å². The second-order valence-electron chi connectivity index (χ2n) is 4.57. The van der Waals surface area contributed by atoms with Crippen molar-refractivity contribution < 1.29 is 37.8 Å². The number of aliphatic hydroxyl groups excluding tert-OH is 1. The number of carbonyl (C=O) groups is 2. The molecule has 0 spiro atoms. The molecular formula is C14H27O8P. The molecule has 0 aliphatic carbocycles. The first-order chi connectivity index (χ1) is 10.9. The summed E-state index contributed by atoms with van der Waals surface area (Å²) in [5.74, 6) is -2.65. The summed E-state index contributed by atoms with van der Waals surface area (Å²) in [4.78, 5) is 24.4. The standard InChI is InChI=1S/C14H27O8P/c1-5-20-13(16)11(9-8-10-15)12(14(17)19-4)23(18,21-6-2)22-7-3/h11-12,15H,5-10H2,1-4H3. The fourth-order valence-corrected chi connectivity index (χ4v) is 4.35. The highest BCUT2D eigenvalue weighted by atomic mass is 31.2. The van der Waals surface area contributed by atoms with Crippen molar-refractivity contribution in [3.8, 4) is 0 Å². The minimum Gasteiger partial charge on any atom is -0.468 e. The van der Waals surface area contributed by atoms with Crippen molar-refractivity contribution in [3.05, 3.63) is 0 Å². The number of hydrogen-bond donors (Lipinski definition) is 1. The lowest BCUT2D eigenvalue weighted by molar-refractivity contribution is -0.154. The maximum atomic E-state index is 13.0. The van der Waals surface area contributed by atoms with Gasteiger partial charge in [0.1, 0.15) is 0 Å². The molecular weight excluding hydrogens is 327 g/mol. The van der Waals surface area contributed by atoms with Crippen molar-refractivity contribution in [2.45, 2.75) is 39.3 Å². The van der Waals surface area contributed by atoms with Crippen LogP contribution in [-0.4, -0.2) is 56.2 Å². The zero-order chi connectivity index (χ0) is 17.9. The highest BCUT2D eigenvalue weighted by molar-refractivity contribution is 7.55. The van der Waals surface area contributed by atoms with Crippen LogP contribution in [-0.2, 0) is 32.7 Å². The number of rotatable bonds is 12. The van der Waals surface area contributed by atoms with Crippen LogP contribution in [0, 0.1) is 5.92 Å². The predicted molar refractivity (Wildman–Crippen MR) is 83.1 cm³/mol. The van der Waals surface area contributed by atoms with Crippen LogP contribution in [0.4, 0.5) is 0 Å². The fourth-order valence-electron chi connectivity index (χ4n) is 2.16. The number of carbonyl (C=O) groups excluding carboxylic acids is 2. The Balaban J connectivity index is 5.78. The lowest BCUT2D eigenvalue weighted by Crippen LogP contribution is -2.38. The summed E-state index contributed by atoms with van der Waals surface area (Å²) in [5.41, 5.74) is -1.43. The predicted octanol–water partition coefficient (Wildman–Crippen LogP) is 1.75. The second-order valence-corrected chi connectivity index (χ2v) is 6.72. The average Bonchev–Trinajstić information content (AvgIpc) is 2.51. The van der Waals surface area contributed by atoms with E-state index < -0.39 is 31.1 Å². The van der Waals surface area contributed by atoms with E-state index in [1.54, 1.807) is 20.8 Å². The average molecular weight is 354 g/mol. The number of esters is 2. The molecule has 23 heavy (non-hydrogen) atoms. The largest absolute Gasteiger partial charge is 0.468 e. The molecule has 1 N–H and O–H groups in total. The van der Waals surface area contributed by atoms with Crippen molar-refractivity contribution >= 4 is 19.5 Å². The Hall–Kier alpha value is -0.950. The minimum atomic E-state index is -3.93. The first-order valence-electron chi connectivity index (χ1n) is 7.65. The van der Waals surface area contributed by atoms with Gasteiger partial charge in [-0.05, 0) is 33.6 Å². The van der Waals surface area contributed by atoms with Crippen LogP contribution < -0.4 is 0 Å². The van der Waals surface area contributed by atoms with Crippen molar-refractivity contribution in [1.82, 2.24) is 0 Å². The molecule has 136 valence electrons. The van der Waals surface area contributed by atoms with Gasteiger partial charge in [-0.25, -0.2) is 0 Å². The van der Waals surface area contributed by atoms with Crippen molar-refractivity contribution in [2.24, 2.45) is 5.92 Å². The Morgan fingerprint density at radius 2 is 1.61 bits per heavy atom. The third-order valence-corrected chi connectivity index (χ3v) is 5.53. The molecule has 8 nitrogen and oxygen atoms in total. The normalized spacial score (nSPS) is 14.1. The van der Waals surface area contributed by atoms with Crippen LogP contribution >= 0.6 is 7.60 Å². The van der Waals surface area contributed by atoms with E-state index in [1.165, 1.54) is 0 Å². The summed E-state index contributed by atoms with van der Waals surface area (Å²) >= 11 is 0. The highest BCUT2D eigenvalue weighted by Gasteiger charge is 2.50. The van der Waals surface area contributed by atoms with Crippen molar-refractivity contribution in [1.29, 1.82) is 0 Å². The SMILES string of the molecule is CCOC(=O)C(CCCO)C(C(=O)OC)P(=O)(OCC)OCC. The van der Waals surface area contributed by atoms with Gasteiger partial charge in [-0.2, -0.15) is 0 Å². The molecule has 9 heteroatoms. The Morgan fingerprint density at radius 3 is 2.00 bits per heavy atom. The molecule has 0 heterocycles. The van der Waals surface area contributed by atoms with Crippen LogP contribution in [0.3, 0.4) is 0 Å². The van der Waals surface area contributed by atoms with Gasteiger partial charge in [-0.1, -0.05) is 0 Å². The molecule has 0 aromatic rings. The summed E-state index contributed by atoms with van der Waals surface area (Å²) in [7, 11) is -2.80. The van der Waals surface area contributed by atoms with Gasteiger partial charge in [0.2, 0.25) is 0 Å². The molecule has 0 saturated heterocycles. The van der Waals surface area contributed by atoms with Gasteiger partial charge < -0.3 is 23.6 Å². The molecule has 2 unspecified atom stereocenters. The summed E-state index contributed by atoms with van der Waals surface area (Å²) < 4.78 is 33.1. The second kappa shape index (κ2) is 11.6. The molecule has 0 fully saturated rings. The molecule has 0 aromatic heterocycles. The topological polar surface area (TPSA) is 108 Å². The monoisotopic (exact) mass is 354 g/mol. The summed E-state index contributed by atoms with van der Waals surface area (Å²) in [6, 6.07) is 0.